The fraction of sp³-hybridized carbons (Fsp3) is 0.115. The number of aromatic nitrogens is 3. The van der Waals surface area contributed by atoms with Gasteiger partial charge in [0.1, 0.15) is 26.1 Å². The lowest BCUT2D eigenvalue weighted by Gasteiger charge is -2.19. The fourth-order valence-corrected chi connectivity index (χ4v) is 6.93. The van der Waals surface area contributed by atoms with Crippen LogP contribution in [0.5, 0.6) is 11.8 Å². The molecular weight excluding hydrogens is 704 g/mol. The second-order valence-corrected chi connectivity index (χ2v) is 14.0. The molecule has 21 heteroatoms. The smallest absolute Gasteiger partial charge is 0.322 e. The zero-order valence-electron chi connectivity index (χ0n) is 23.8. The van der Waals surface area contributed by atoms with Crippen molar-refractivity contribution in [3.63, 3.8) is 0 Å². The van der Waals surface area contributed by atoms with Crippen LogP contribution in [0.4, 0.5) is 23.0 Å². The monoisotopic (exact) mass is 724 g/mol. The number of aromatic hydroxyl groups is 1. The topological polar surface area (TPSA) is 259 Å². The van der Waals surface area contributed by atoms with E-state index in [0.717, 1.165) is 36.4 Å². The Morgan fingerprint density at radius 1 is 0.809 bits per heavy atom. The number of anilines is 2. The highest BCUT2D eigenvalue weighted by Gasteiger charge is 2.26. The van der Waals surface area contributed by atoms with Gasteiger partial charge in [0.05, 0.1) is 6.61 Å². The summed E-state index contributed by atoms with van der Waals surface area (Å²) < 4.78 is 108. The molecule has 4 N–H and O–H groups in total. The highest BCUT2D eigenvalue weighted by atomic mass is 35.5. The van der Waals surface area contributed by atoms with Gasteiger partial charge in [0.15, 0.2) is 5.75 Å². The molecule has 0 amide bonds. The van der Waals surface area contributed by atoms with Crippen LogP contribution in [0.15, 0.2) is 79.5 Å². The maximum atomic E-state index is 12.4. The van der Waals surface area contributed by atoms with E-state index in [1.54, 1.807) is 14.0 Å². The Hall–Kier alpha value is -4.57. The van der Waals surface area contributed by atoms with Gasteiger partial charge in [-0.05, 0) is 60.3 Å². The molecule has 1 aromatic heterocycles. The molecule has 1 heterocycles. The predicted octanol–water partition coefficient (Wildman–Crippen LogP) is 4.86. The molecule has 0 aliphatic rings. The molecule has 0 fully saturated rings. The van der Waals surface area contributed by atoms with Crippen LogP contribution in [0.1, 0.15) is 6.92 Å². The third-order valence-corrected chi connectivity index (χ3v) is 9.49. The first kappa shape index (κ1) is 33.8. The third-order valence-electron chi connectivity index (χ3n) is 6.59. The average molecular weight is 725 g/mol. The molecule has 4 aromatic carbocycles. The van der Waals surface area contributed by atoms with Crippen LogP contribution < -0.4 is 9.64 Å². The quantitative estimate of drug-likeness (QED) is 0.117. The Balaban J connectivity index is 1.67. The van der Waals surface area contributed by atoms with Gasteiger partial charge in [-0.15, -0.1) is 10.2 Å². The van der Waals surface area contributed by atoms with Crippen molar-refractivity contribution in [3.8, 4) is 11.8 Å². The number of phenols is 1. The molecule has 47 heavy (non-hydrogen) atoms. The number of benzene rings is 4. The molecule has 0 aliphatic heterocycles. The van der Waals surface area contributed by atoms with Crippen molar-refractivity contribution in [2.45, 2.75) is 21.6 Å². The van der Waals surface area contributed by atoms with Gasteiger partial charge in [0, 0.05) is 28.9 Å². The first-order chi connectivity index (χ1) is 21.9. The van der Waals surface area contributed by atoms with Crippen LogP contribution in [0.25, 0.3) is 21.5 Å². The largest absolute Gasteiger partial charge is 0.505 e. The summed E-state index contributed by atoms with van der Waals surface area (Å²) in [6.45, 7) is 1.97. The molecule has 0 saturated heterocycles. The summed E-state index contributed by atoms with van der Waals surface area (Å²) in [6, 6.07) is 10.5. The van der Waals surface area contributed by atoms with Gasteiger partial charge < -0.3 is 14.7 Å². The molecule has 246 valence electrons. The molecular formula is C26H21ClN6O11S3. The first-order valence-corrected chi connectivity index (χ1v) is 17.6. The lowest BCUT2D eigenvalue weighted by Crippen LogP contribution is -2.14. The molecule has 5 aromatic rings. The van der Waals surface area contributed by atoms with E-state index in [2.05, 4.69) is 25.2 Å². The minimum Gasteiger partial charge on any atom is -0.505 e. The number of phenolic OH excluding ortho intramolecular Hbond substituents is 1. The molecule has 5 rings (SSSR count). The number of nitrogens with zero attached hydrogens (tertiary/aromatic N) is 6. The Morgan fingerprint density at radius 3 is 2.13 bits per heavy atom. The zero-order valence-corrected chi connectivity index (χ0v) is 27.0. The molecule has 0 atom stereocenters. The molecule has 0 spiro atoms. The predicted molar refractivity (Wildman–Crippen MR) is 167 cm³/mol. The normalized spacial score (nSPS) is 12.6. The summed E-state index contributed by atoms with van der Waals surface area (Å²) in [5.74, 6) is -0.719. The fourth-order valence-electron chi connectivity index (χ4n) is 4.59. The van der Waals surface area contributed by atoms with Crippen molar-refractivity contribution < 1.29 is 48.8 Å². The van der Waals surface area contributed by atoms with Gasteiger partial charge >= 0.3 is 6.01 Å². The molecule has 0 saturated carbocycles. The number of rotatable bonds is 9. The summed E-state index contributed by atoms with van der Waals surface area (Å²) in [5, 5.41) is 17.8. The van der Waals surface area contributed by atoms with E-state index in [1.165, 1.54) is 23.1 Å². The lowest BCUT2D eigenvalue weighted by molar-refractivity contribution is 0.311. The van der Waals surface area contributed by atoms with Crippen LogP contribution in [0, 0.1) is 0 Å². The third kappa shape index (κ3) is 6.79. The Labute approximate surface area is 271 Å². The molecule has 0 aliphatic carbocycles. The van der Waals surface area contributed by atoms with Crippen LogP contribution in [0.3, 0.4) is 0 Å². The van der Waals surface area contributed by atoms with Crippen molar-refractivity contribution in [3.05, 3.63) is 59.9 Å². The number of hydrogen-bond acceptors (Lipinski definition) is 14. The minimum atomic E-state index is -5.15. The maximum absolute atomic E-state index is 12.4. The van der Waals surface area contributed by atoms with Gasteiger partial charge in [-0.1, -0.05) is 18.2 Å². The van der Waals surface area contributed by atoms with E-state index >= 15 is 0 Å². The second kappa shape index (κ2) is 12.2. The lowest BCUT2D eigenvalue weighted by atomic mass is 10.1. The van der Waals surface area contributed by atoms with Gasteiger partial charge in [0.2, 0.25) is 11.2 Å². The highest BCUT2D eigenvalue weighted by molar-refractivity contribution is 7.86. The first-order valence-electron chi connectivity index (χ1n) is 12.9. The van der Waals surface area contributed by atoms with Crippen molar-refractivity contribution in [1.82, 2.24) is 15.0 Å². The van der Waals surface area contributed by atoms with Crippen LogP contribution in [-0.4, -0.2) is 72.6 Å². The summed E-state index contributed by atoms with van der Waals surface area (Å²) in [5.41, 5.74) is -1.03. The van der Waals surface area contributed by atoms with E-state index in [1.807, 2.05) is 0 Å². The van der Waals surface area contributed by atoms with Crippen LogP contribution >= 0.6 is 11.6 Å². The highest BCUT2D eigenvalue weighted by Crippen LogP contribution is 2.43. The number of azo groups is 1. The molecule has 17 nitrogen and oxygen atoms in total. The van der Waals surface area contributed by atoms with E-state index in [9.17, 15) is 44.0 Å². The Bertz CT molecular complexity index is 2460. The average Bonchev–Trinajstić information content (AvgIpc) is 2.97. The van der Waals surface area contributed by atoms with Crippen molar-refractivity contribution in [2.24, 2.45) is 10.2 Å². The van der Waals surface area contributed by atoms with E-state index in [-0.39, 0.29) is 45.4 Å². The van der Waals surface area contributed by atoms with Gasteiger partial charge in [0.25, 0.3) is 30.4 Å². The van der Waals surface area contributed by atoms with Crippen molar-refractivity contribution in [2.75, 3.05) is 18.6 Å². The number of ether oxygens (including phenoxy) is 1. The SMILES string of the molecule is CCOc1nc(Cl)nc(N(C)c2ccc3c(O)c(N=Nc4ccc5c(S(=O)(=O)O)cccc5c4S(=O)(=O)O)c(S(=O)(=O)O)cc3c2)n1. The van der Waals surface area contributed by atoms with Crippen molar-refractivity contribution >= 4 is 86.5 Å². The van der Waals surface area contributed by atoms with Gasteiger partial charge in [-0.25, -0.2) is 0 Å². The van der Waals surface area contributed by atoms with Gasteiger partial charge in [-0.2, -0.15) is 40.2 Å². The summed E-state index contributed by atoms with van der Waals surface area (Å²) in [7, 11) is -13.5. The number of fused-ring (bicyclic) bond motifs is 2. The second-order valence-electron chi connectivity index (χ2n) is 9.55. The number of halogens is 1. The molecule has 0 unspecified atom stereocenters. The van der Waals surface area contributed by atoms with Crippen LogP contribution in [-0.2, 0) is 30.4 Å². The number of hydrogen-bond donors (Lipinski definition) is 4. The van der Waals surface area contributed by atoms with Crippen LogP contribution in [0.2, 0.25) is 5.28 Å². The molecule has 0 radical (unpaired) electrons. The summed E-state index contributed by atoms with van der Waals surface area (Å²) in [6.07, 6.45) is 0. The maximum Gasteiger partial charge on any atom is 0.322 e. The van der Waals surface area contributed by atoms with E-state index in [4.69, 9.17) is 16.3 Å². The van der Waals surface area contributed by atoms with E-state index in [0.29, 0.717) is 5.69 Å². The summed E-state index contributed by atoms with van der Waals surface area (Å²) >= 11 is 5.99. The summed E-state index contributed by atoms with van der Waals surface area (Å²) in [4.78, 5) is 11.0. The van der Waals surface area contributed by atoms with Gasteiger partial charge in [-0.3, -0.25) is 13.7 Å². The standard InChI is InChI=1S/C26H21ClN6O11S3/c1-3-44-26-29-24(27)28-25(30-26)33(2)14-7-8-15-13(11-14)12-20(46(38,39)40)21(22(15)34)32-31-18-10-9-16-17(23(18)47(41,42)43)5-4-6-19(16)45(35,36)37/h4-12,34H,3H2,1-2H3,(H,35,36,37)(H,38,39,40)(H,41,42,43). The Morgan fingerprint density at radius 2 is 1.49 bits per heavy atom. The van der Waals surface area contributed by atoms with E-state index < -0.39 is 62.2 Å². The zero-order chi connectivity index (χ0) is 34.5. The van der Waals surface area contributed by atoms with Crippen molar-refractivity contribution in [1.29, 1.82) is 0 Å². The Kier molecular flexibility index (Phi) is 8.79. The minimum absolute atomic E-state index is 0.0264. The molecule has 0 bridgehead atoms.